The number of rotatable bonds is 3. The SMILES string of the molecule is CC1CC(C)CC(Oc2cnc(C(=N)N)cn2)C1. The number of hydrogen-bond donors (Lipinski definition) is 2. The third-order valence-electron chi connectivity index (χ3n) is 3.33. The summed E-state index contributed by atoms with van der Waals surface area (Å²) >= 11 is 0. The number of aromatic nitrogens is 2. The van der Waals surface area contributed by atoms with E-state index in [1.54, 1.807) is 6.20 Å². The largest absolute Gasteiger partial charge is 0.473 e. The van der Waals surface area contributed by atoms with Crippen molar-refractivity contribution in [1.29, 1.82) is 5.41 Å². The van der Waals surface area contributed by atoms with Crippen LogP contribution in [0.25, 0.3) is 0 Å². The van der Waals surface area contributed by atoms with Crippen LogP contribution in [0.15, 0.2) is 12.4 Å². The Labute approximate surface area is 107 Å². The fourth-order valence-electron chi connectivity index (χ4n) is 2.66. The second-order valence-electron chi connectivity index (χ2n) is 5.31. The first-order valence-electron chi connectivity index (χ1n) is 6.37. The van der Waals surface area contributed by atoms with Gasteiger partial charge in [0.15, 0.2) is 0 Å². The van der Waals surface area contributed by atoms with Gasteiger partial charge in [-0.3, -0.25) is 5.41 Å². The van der Waals surface area contributed by atoms with Crippen molar-refractivity contribution in [3.05, 3.63) is 18.1 Å². The van der Waals surface area contributed by atoms with Crippen molar-refractivity contribution in [2.24, 2.45) is 17.6 Å². The molecule has 0 amide bonds. The van der Waals surface area contributed by atoms with Crippen molar-refractivity contribution in [2.45, 2.75) is 39.2 Å². The lowest BCUT2D eigenvalue weighted by molar-refractivity contribution is 0.0963. The van der Waals surface area contributed by atoms with Crippen LogP contribution >= 0.6 is 0 Å². The molecule has 2 atom stereocenters. The van der Waals surface area contributed by atoms with Crippen molar-refractivity contribution in [3.63, 3.8) is 0 Å². The van der Waals surface area contributed by atoms with Crippen molar-refractivity contribution >= 4 is 5.84 Å². The molecule has 0 saturated heterocycles. The lowest BCUT2D eigenvalue weighted by atomic mass is 9.82. The van der Waals surface area contributed by atoms with E-state index in [9.17, 15) is 0 Å². The average Bonchev–Trinajstić information content (AvgIpc) is 2.28. The molecule has 1 aromatic rings. The Morgan fingerprint density at radius 3 is 2.39 bits per heavy atom. The summed E-state index contributed by atoms with van der Waals surface area (Å²) in [4.78, 5) is 8.18. The summed E-state index contributed by atoms with van der Waals surface area (Å²) in [5.41, 5.74) is 5.71. The molecule has 1 heterocycles. The number of nitrogen functional groups attached to an aromatic ring is 1. The first kappa shape index (κ1) is 12.8. The maximum Gasteiger partial charge on any atom is 0.232 e. The van der Waals surface area contributed by atoms with E-state index in [2.05, 4.69) is 23.8 Å². The zero-order valence-corrected chi connectivity index (χ0v) is 10.9. The van der Waals surface area contributed by atoms with Gasteiger partial charge in [0.2, 0.25) is 5.88 Å². The van der Waals surface area contributed by atoms with Crippen molar-refractivity contribution in [2.75, 3.05) is 0 Å². The van der Waals surface area contributed by atoms with Crippen LogP contribution in [0, 0.1) is 17.2 Å². The van der Waals surface area contributed by atoms with Gasteiger partial charge >= 0.3 is 0 Å². The first-order valence-corrected chi connectivity index (χ1v) is 6.37. The smallest absolute Gasteiger partial charge is 0.232 e. The third kappa shape index (κ3) is 3.18. The predicted octanol–water partition coefficient (Wildman–Crippen LogP) is 1.96. The van der Waals surface area contributed by atoms with Gasteiger partial charge in [0.05, 0.1) is 12.4 Å². The van der Waals surface area contributed by atoms with Crippen molar-refractivity contribution < 1.29 is 4.74 Å². The predicted molar refractivity (Wildman–Crippen MR) is 69.6 cm³/mol. The van der Waals surface area contributed by atoms with Crippen molar-refractivity contribution in [3.8, 4) is 5.88 Å². The minimum atomic E-state index is -0.0750. The van der Waals surface area contributed by atoms with Gasteiger partial charge in [0.25, 0.3) is 0 Å². The number of nitrogens with one attached hydrogen (secondary N) is 1. The van der Waals surface area contributed by atoms with Gasteiger partial charge in [-0.05, 0) is 31.1 Å². The molecule has 1 aliphatic carbocycles. The number of nitrogens with zero attached hydrogens (tertiary/aromatic N) is 2. The third-order valence-corrected chi connectivity index (χ3v) is 3.33. The highest BCUT2D eigenvalue weighted by molar-refractivity contribution is 5.92. The zero-order valence-electron chi connectivity index (χ0n) is 10.9. The first-order chi connectivity index (χ1) is 8.54. The van der Waals surface area contributed by atoms with Crippen LogP contribution in [0.4, 0.5) is 0 Å². The molecule has 2 unspecified atom stereocenters. The van der Waals surface area contributed by atoms with E-state index < -0.39 is 0 Å². The topological polar surface area (TPSA) is 84.9 Å². The highest BCUT2D eigenvalue weighted by Gasteiger charge is 2.25. The minimum Gasteiger partial charge on any atom is -0.473 e. The second-order valence-corrected chi connectivity index (χ2v) is 5.31. The summed E-state index contributed by atoms with van der Waals surface area (Å²) in [7, 11) is 0. The number of nitrogens with two attached hydrogens (primary N) is 1. The maximum atomic E-state index is 7.25. The van der Waals surface area contributed by atoms with Gasteiger partial charge < -0.3 is 10.5 Å². The Morgan fingerprint density at radius 1 is 1.22 bits per heavy atom. The van der Waals surface area contributed by atoms with Gasteiger partial charge in [-0.1, -0.05) is 13.8 Å². The highest BCUT2D eigenvalue weighted by atomic mass is 16.5. The van der Waals surface area contributed by atoms with E-state index in [4.69, 9.17) is 15.9 Å². The Bertz CT molecular complexity index is 408. The van der Waals surface area contributed by atoms with Gasteiger partial charge in [0, 0.05) is 0 Å². The quantitative estimate of drug-likeness (QED) is 0.632. The van der Waals surface area contributed by atoms with Crippen molar-refractivity contribution in [1.82, 2.24) is 9.97 Å². The Balaban J connectivity index is 1.98. The van der Waals surface area contributed by atoms with Crippen LogP contribution in [0.5, 0.6) is 5.88 Å². The molecule has 1 saturated carbocycles. The summed E-state index contributed by atoms with van der Waals surface area (Å²) in [5.74, 6) is 1.84. The van der Waals surface area contributed by atoms with E-state index in [-0.39, 0.29) is 11.9 Å². The molecular formula is C13H20N4O. The molecule has 0 radical (unpaired) electrons. The van der Waals surface area contributed by atoms with E-state index in [1.165, 1.54) is 12.6 Å². The fourth-order valence-corrected chi connectivity index (χ4v) is 2.66. The van der Waals surface area contributed by atoms with Crippen LogP contribution < -0.4 is 10.5 Å². The standard InChI is InChI=1S/C13H20N4O/c1-8-3-9(2)5-10(4-8)18-12-7-16-11(6-17-12)13(14)15/h6-10H,3-5H2,1-2H3,(H3,14,15). The van der Waals surface area contributed by atoms with E-state index in [0.717, 1.165) is 12.8 Å². The molecule has 1 aromatic heterocycles. The van der Waals surface area contributed by atoms with Crippen LogP contribution in [0.2, 0.25) is 0 Å². The maximum absolute atomic E-state index is 7.25. The summed E-state index contributed by atoms with van der Waals surface area (Å²) in [6.45, 7) is 4.52. The van der Waals surface area contributed by atoms with Crippen LogP contribution in [-0.2, 0) is 0 Å². The van der Waals surface area contributed by atoms with Gasteiger partial charge in [-0.15, -0.1) is 0 Å². The van der Waals surface area contributed by atoms with Crippen LogP contribution in [0.1, 0.15) is 38.8 Å². The summed E-state index contributed by atoms with van der Waals surface area (Å²) in [6.07, 6.45) is 6.66. The van der Waals surface area contributed by atoms with Gasteiger partial charge in [-0.2, -0.15) is 0 Å². The molecule has 1 fully saturated rings. The normalized spacial score (nSPS) is 27.8. The lowest BCUT2D eigenvalue weighted by Crippen LogP contribution is -2.28. The number of hydrogen-bond acceptors (Lipinski definition) is 4. The second kappa shape index (κ2) is 5.33. The van der Waals surface area contributed by atoms with E-state index in [0.29, 0.717) is 23.4 Å². The Morgan fingerprint density at radius 2 is 1.89 bits per heavy atom. The molecule has 2 rings (SSSR count). The summed E-state index contributed by atoms with van der Waals surface area (Å²) in [5, 5.41) is 7.25. The highest BCUT2D eigenvalue weighted by Crippen LogP contribution is 2.30. The van der Waals surface area contributed by atoms with E-state index >= 15 is 0 Å². The minimum absolute atomic E-state index is 0.0750. The van der Waals surface area contributed by atoms with Crippen LogP contribution in [0.3, 0.4) is 0 Å². The molecule has 18 heavy (non-hydrogen) atoms. The molecular weight excluding hydrogens is 228 g/mol. The zero-order chi connectivity index (χ0) is 13.1. The Kier molecular flexibility index (Phi) is 3.79. The summed E-state index contributed by atoms with van der Waals surface area (Å²) < 4.78 is 5.85. The van der Waals surface area contributed by atoms with E-state index in [1.807, 2.05) is 0 Å². The molecule has 5 heteroatoms. The Hall–Kier alpha value is -1.65. The molecule has 0 bridgehead atoms. The number of amidine groups is 1. The molecule has 0 aliphatic heterocycles. The molecule has 0 spiro atoms. The average molecular weight is 248 g/mol. The van der Waals surface area contributed by atoms with Crippen LogP contribution in [-0.4, -0.2) is 21.9 Å². The monoisotopic (exact) mass is 248 g/mol. The van der Waals surface area contributed by atoms with Gasteiger partial charge in [0.1, 0.15) is 17.6 Å². The molecule has 1 aliphatic rings. The lowest BCUT2D eigenvalue weighted by Gasteiger charge is -2.31. The molecule has 98 valence electrons. The number of ether oxygens (including phenoxy) is 1. The molecule has 0 aromatic carbocycles. The summed E-state index contributed by atoms with van der Waals surface area (Å²) in [6, 6.07) is 0. The van der Waals surface area contributed by atoms with Gasteiger partial charge in [-0.25, -0.2) is 9.97 Å². The molecule has 3 N–H and O–H groups in total. The fraction of sp³-hybridized carbons (Fsp3) is 0.615. The molecule has 5 nitrogen and oxygen atoms in total.